The number of carboxylic acid groups (broad SMARTS) is 1. The number of likely N-dealkylation sites (N-methyl/N-ethyl adjacent to an activating group) is 1. The second kappa shape index (κ2) is 46.0. The summed E-state index contributed by atoms with van der Waals surface area (Å²) >= 11 is 0. The van der Waals surface area contributed by atoms with Crippen LogP contribution >= 0.6 is 0 Å². The maximum Gasteiger partial charge on any atom is 0.306 e. The van der Waals surface area contributed by atoms with Crippen molar-refractivity contribution in [1.82, 2.24) is 0 Å². The highest BCUT2D eigenvalue weighted by atomic mass is 16.7. The van der Waals surface area contributed by atoms with E-state index in [4.69, 9.17) is 18.9 Å². The number of unbranched alkanes of at least 4 members (excludes halogenated alkanes) is 16. The van der Waals surface area contributed by atoms with Crippen LogP contribution in [0.5, 0.6) is 0 Å². The summed E-state index contributed by atoms with van der Waals surface area (Å²) in [4.78, 5) is 37.1. The molecule has 0 aliphatic carbocycles. The van der Waals surface area contributed by atoms with Crippen molar-refractivity contribution in [3.63, 3.8) is 0 Å². The maximum absolute atomic E-state index is 12.8. The Labute approximate surface area is 391 Å². The summed E-state index contributed by atoms with van der Waals surface area (Å²) in [6.07, 6.45) is 56.1. The lowest BCUT2D eigenvalue weighted by molar-refractivity contribution is -0.870. The van der Waals surface area contributed by atoms with Crippen LogP contribution in [-0.4, -0.2) is 82.3 Å². The Kier molecular flexibility index (Phi) is 43.5. The summed E-state index contributed by atoms with van der Waals surface area (Å²) in [6, 6.07) is 0. The molecule has 9 heteroatoms. The molecule has 0 rings (SSSR count). The number of quaternary nitrogens is 1. The summed E-state index contributed by atoms with van der Waals surface area (Å²) in [5.41, 5.74) is 0. The van der Waals surface area contributed by atoms with E-state index in [9.17, 15) is 19.5 Å². The van der Waals surface area contributed by atoms with E-state index in [0.717, 1.165) is 103 Å². The molecule has 0 fully saturated rings. The van der Waals surface area contributed by atoms with E-state index in [2.05, 4.69) is 98.9 Å². The first-order valence-electron chi connectivity index (χ1n) is 25.2. The lowest BCUT2D eigenvalue weighted by Crippen LogP contribution is -2.44. The van der Waals surface area contributed by atoms with Crippen LogP contribution in [0.3, 0.4) is 0 Å². The van der Waals surface area contributed by atoms with Crippen LogP contribution in [0.25, 0.3) is 0 Å². The largest absolute Gasteiger partial charge is 0.545 e. The van der Waals surface area contributed by atoms with E-state index < -0.39 is 24.3 Å². The van der Waals surface area contributed by atoms with Crippen molar-refractivity contribution >= 4 is 17.9 Å². The van der Waals surface area contributed by atoms with Crippen molar-refractivity contribution in [2.75, 3.05) is 47.5 Å². The van der Waals surface area contributed by atoms with Gasteiger partial charge in [0.1, 0.15) is 13.2 Å². The number of hydrogen-bond acceptors (Lipinski definition) is 8. The number of hydrogen-bond donors (Lipinski definition) is 0. The summed E-state index contributed by atoms with van der Waals surface area (Å²) in [7, 11) is 5.89. The summed E-state index contributed by atoms with van der Waals surface area (Å²) in [5.74, 6) is -2.34. The second-order valence-corrected chi connectivity index (χ2v) is 17.7. The second-order valence-electron chi connectivity index (χ2n) is 17.7. The molecule has 2 unspecified atom stereocenters. The number of carbonyl (C=O) groups is 3. The van der Waals surface area contributed by atoms with Gasteiger partial charge in [-0.25, -0.2) is 0 Å². The minimum atomic E-state index is -1.63. The zero-order chi connectivity index (χ0) is 47.0. The molecule has 2 atom stereocenters. The van der Waals surface area contributed by atoms with Crippen molar-refractivity contribution in [3.05, 3.63) is 85.1 Å². The van der Waals surface area contributed by atoms with Gasteiger partial charge in [-0.05, 0) is 89.9 Å². The van der Waals surface area contributed by atoms with Crippen molar-refractivity contribution in [1.29, 1.82) is 0 Å². The predicted octanol–water partition coefficient (Wildman–Crippen LogP) is 12.7. The molecule has 0 aromatic rings. The lowest BCUT2D eigenvalue weighted by atomic mass is 10.1. The first kappa shape index (κ1) is 60.5. The Morgan fingerprint density at radius 3 is 1.34 bits per heavy atom. The molecule has 0 N–H and O–H groups in total. The minimum absolute atomic E-state index is 0.137. The highest BCUT2D eigenvalue weighted by molar-refractivity contribution is 5.70. The van der Waals surface area contributed by atoms with Gasteiger partial charge in [-0.3, -0.25) is 9.59 Å². The number of esters is 2. The minimum Gasteiger partial charge on any atom is -0.545 e. The number of aliphatic carboxylic acids is 1. The number of carbonyl (C=O) groups excluding carboxylic acids is 3. The van der Waals surface area contributed by atoms with Crippen LogP contribution in [0.4, 0.5) is 0 Å². The molecular weight excluding hydrogens is 803 g/mol. The van der Waals surface area contributed by atoms with Crippen molar-refractivity contribution in [2.24, 2.45) is 0 Å². The third-order valence-corrected chi connectivity index (χ3v) is 10.4. The van der Waals surface area contributed by atoms with E-state index in [1.807, 2.05) is 21.1 Å². The van der Waals surface area contributed by atoms with E-state index >= 15 is 0 Å². The summed E-state index contributed by atoms with van der Waals surface area (Å²) in [6.45, 7) is 4.57. The average molecular weight is 896 g/mol. The summed E-state index contributed by atoms with van der Waals surface area (Å²) in [5, 5.41) is 11.7. The van der Waals surface area contributed by atoms with Gasteiger partial charge in [-0.15, -0.1) is 0 Å². The molecule has 0 bridgehead atoms. The zero-order valence-corrected chi connectivity index (χ0v) is 41.4. The van der Waals surface area contributed by atoms with Crippen LogP contribution < -0.4 is 5.11 Å². The van der Waals surface area contributed by atoms with E-state index in [0.29, 0.717) is 17.4 Å². The van der Waals surface area contributed by atoms with Gasteiger partial charge in [0.2, 0.25) is 0 Å². The van der Waals surface area contributed by atoms with Crippen LogP contribution in [0.2, 0.25) is 0 Å². The monoisotopic (exact) mass is 896 g/mol. The molecule has 0 aliphatic heterocycles. The van der Waals surface area contributed by atoms with Crippen LogP contribution in [0, 0.1) is 0 Å². The Bertz CT molecular complexity index is 1320. The van der Waals surface area contributed by atoms with Gasteiger partial charge < -0.3 is 33.3 Å². The highest BCUT2D eigenvalue weighted by Gasteiger charge is 2.21. The first-order valence-corrected chi connectivity index (χ1v) is 25.2. The van der Waals surface area contributed by atoms with Crippen LogP contribution in [0.1, 0.15) is 187 Å². The number of carboxylic acids is 1. The fraction of sp³-hybridized carbons (Fsp3) is 0.691. The normalized spacial score (nSPS) is 13.6. The molecule has 9 nitrogen and oxygen atoms in total. The lowest BCUT2D eigenvalue weighted by Gasteiger charge is -2.26. The SMILES string of the molecule is CC/C=C\C/C=C\C/C=C\C/C=C\C/C=C\C/C=C\CCCCCCC(=O)OC(COC(=O)CCCCCCC/C=C\CCCCCCCCC)COC(OCC[N+](C)(C)C)C(=O)[O-]. The molecule has 0 heterocycles. The topological polar surface area (TPSA) is 111 Å². The quantitative estimate of drug-likeness (QED) is 0.0195. The molecule has 64 heavy (non-hydrogen) atoms. The van der Waals surface area contributed by atoms with Gasteiger partial charge in [0, 0.05) is 12.8 Å². The highest BCUT2D eigenvalue weighted by Crippen LogP contribution is 2.13. The average Bonchev–Trinajstić information content (AvgIpc) is 3.26. The van der Waals surface area contributed by atoms with E-state index in [-0.39, 0.29) is 38.6 Å². The molecule has 0 saturated carbocycles. The third-order valence-electron chi connectivity index (χ3n) is 10.4. The third kappa shape index (κ3) is 46.5. The van der Waals surface area contributed by atoms with Gasteiger partial charge in [0.25, 0.3) is 0 Å². The maximum atomic E-state index is 12.8. The molecule has 0 aromatic carbocycles. The predicted molar refractivity (Wildman–Crippen MR) is 264 cm³/mol. The Balaban J connectivity index is 4.45. The molecule has 0 aliphatic rings. The van der Waals surface area contributed by atoms with Gasteiger partial charge in [0.05, 0.1) is 40.3 Å². The Hall–Kier alpha value is -3.53. The van der Waals surface area contributed by atoms with E-state index in [1.54, 1.807) is 0 Å². The molecule has 366 valence electrons. The van der Waals surface area contributed by atoms with Crippen molar-refractivity contribution < 1.29 is 42.9 Å². The first-order chi connectivity index (χ1) is 31.1. The smallest absolute Gasteiger partial charge is 0.306 e. The van der Waals surface area contributed by atoms with E-state index in [1.165, 1.54) is 51.4 Å². The molecule has 0 amide bonds. The molecule has 0 saturated heterocycles. The Morgan fingerprint density at radius 1 is 0.484 bits per heavy atom. The van der Waals surface area contributed by atoms with Gasteiger partial charge >= 0.3 is 11.9 Å². The molecule has 0 radical (unpaired) electrons. The van der Waals surface area contributed by atoms with Crippen LogP contribution in [-0.2, 0) is 33.3 Å². The number of rotatable bonds is 45. The number of allylic oxidation sites excluding steroid dienone is 14. The number of ether oxygens (including phenoxy) is 4. The molecule has 0 spiro atoms. The summed E-state index contributed by atoms with van der Waals surface area (Å²) < 4.78 is 22.6. The van der Waals surface area contributed by atoms with Gasteiger partial charge in [0.15, 0.2) is 12.4 Å². The van der Waals surface area contributed by atoms with Crippen molar-refractivity contribution in [3.8, 4) is 0 Å². The van der Waals surface area contributed by atoms with Gasteiger partial charge in [-0.2, -0.15) is 0 Å². The fourth-order valence-corrected chi connectivity index (χ4v) is 6.47. The van der Waals surface area contributed by atoms with Gasteiger partial charge in [-0.1, -0.05) is 170 Å². The van der Waals surface area contributed by atoms with Crippen LogP contribution in [0.15, 0.2) is 85.1 Å². The molecule has 0 aromatic heterocycles. The molecular formula is C55H93NO8. The Morgan fingerprint density at radius 2 is 0.891 bits per heavy atom. The zero-order valence-electron chi connectivity index (χ0n) is 41.4. The fourth-order valence-electron chi connectivity index (χ4n) is 6.47. The van der Waals surface area contributed by atoms with Crippen molar-refractivity contribution in [2.45, 2.75) is 200 Å². The number of nitrogens with zero attached hydrogens (tertiary/aromatic N) is 1. The standard InChI is InChI=1S/C55H93NO8/c1-6-8-10-12-14-16-18-20-22-24-25-26-27-28-29-30-32-34-36-38-40-42-44-46-53(58)64-51(50-63-55(54(59)60)61-48-47-56(3,4)5)49-62-52(57)45-43-41-39-37-35-33-31-23-21-19-17-15-13-11-9-7-2/h8,10,14,16,20,22-23,25-26,28-29,31-32,34,51,55H,6-7,9,11-13,15,17-19,21,24,27,30,33,35-50H2,1-5H3/b10-8-,16-14-,22-20-,26-25-,29-28-,31-23-,34-32-.